The van der Waals surface area contributed by atoms with E-state index in [1.54, 1.807) is 6.92 Å². The summed E-state index contributed by atoms with van der Waals surface area (Å²) in [5.74, 6) is -6.34. The van der Waals surface area contributed by atoms with E-state index in [4.69, 9.17) is 10.2 Å². The highest BCUT2D eigenvalue weighted by molar-refractivity contribution is 7.78. The molecule has 0 spiro atoms. The van der Waals surface area contributed by atoms with Crippen LogP contribution in [0.3, 0.4) is 0 Å². The van der Waals surface area contributed by atoms with Crippen LogP contribution >= 0.6 is 12.2 Å². The van der Waals surface area contributed by atoms with Gasteiger partial charge in [0.15, 0.2) is 13.1 Å². The van der Waals surface area contributed by atoms with Crippen molar-refractivity contribution >= 4 is 58.6 Å². The number of hydrogen-bond donors (Lipinski definition) is 5. The largest absolute Gasteiger partial charge is 0.480 e. The maximum absolute atomic E-state index is 11.9. The van der Waals surface area contributed by atoms with E-state index in [0.29, 0.717) is 11.4 Å². The van der Waals surface area contributed by atoms with Crippen LogP contribution in [0.4, 0.5) is 11.4 Å². The van der Waals surface area contributed by atoms with E-state index >= 15 is 0 Å². The van der Waals surface area contributed by atoms with Crippen molar-refractivity contribution in [3.63, 3.8) is 0 Å². The van der Waals surface area contributed by atoms with Crippen LogP contribution in [-0.4, -0.2) is 128 Å². The summed E-state index contributed by atoms with van der Waals surface area (Å²) in [6, 6.07) is 4.55. The number of carboxylic acid groups (broad SMARTS) is 5. The van der Waals surface area contributed by atoms with E-state index in [9.17, 15) is 39.3 Å². The minimum atomic E-state index is -1.29. The van der Waals surface area contributed by atoms with Gasteiger partial charge < -0.3 is 25.5 Å². The second-order valence-electron chi connectivity index (χ2n) is 8.84. The molecular formula is C23H31N4O10S+. The highest BCUT2D eigenvalue weighted by Crippen LogP contribution is 2.29. The zero-order valence-electron chi connectivity index (χ0n) is 20.9. The summed E-state index contributed by atoms with van der Waals surface area (Å²) in [6.07, 6.45) is 0. The fraction of sp³-hybridized carbons (Fsp3) is 0.478. The Morgan fingerprint density at radius 2 is 1.29 bits per heavy atom. The van der Waals surface area contributed by atoms with Crippen molar-refractivity contribution in [1.82, 2.24) is 14.3 Å². The number of thiocarbonyl (C=S) groups is 1. The molecule has 0 saturated carbocycles. The first kappa shape index (κ1) is 32.3. The van der Waals surface area contributed by atoms with E-state index in [2.05, 4.69) is 22.4 Å². The third-order valence-corrected chi connectivity index (χ3v) is 6.01. The zero-order chi connectivity index (χ0) is 29.0. The van der Waals surface area contributed by atoms with Crippen molar-refractivity contribution < 1.29 is 49.5 Å². The van der Waals surface area contributed by atoms with Gasteiger partial charge in [0.2, 0.25) is 0 Å². The molecule has 0 fully saturated rings. The van der Waals surface area contributed by atoms with Crippen LogP contribution in [-0.2, 0) is 24.0 Å². The monoisotopic (exact) mass is 555 g/mol. The number of nitrogens with zero attached hydrogens (tertiary/aromatic N) is 4. The molecule has 2 atom stereocenters. The molecule has 0 aliphatic rings. The van der Waals surface area contributed by atoms with E-state index in [1.165, 1.54) is 36.1 Å². The fourth-order valence-electron chi connectivity index (χ4n) is 4.29. The molecule has 0 heterocycles. The highest BCUT2D eigenvalue weighted by Gasteiger charge is 2.42. The molecule has 208 valence electrons. The number of carbonyl (C=O) groups is 5. The summed E-state index contributed by atoms with van der Waals surface area (Å²) >= 11 is 4.58. The molecule has 1 rings (SSSR count). The van der Waals surface area contributed by atoms with Crippen LogP contribution in [0.5, 0.6) is 0 Å². The molecule has 1 aromatic carbocycles. The summed E-state index contributed by atoms with van der Waals surface area (Å²) in [4.78, 5) is 64.2. The molecule has 1 aromatic rings. The number of carboxylic acids is 5. The average Bonchev–Trinajstić information content (AvgIpc) is 2.77. The SMILES string of the molecule is CC(CN(CC(=O)O)CC(C)[N+](CC(=O)O)(CC(=O)O)c1ccc(N=C=S)cc1)N(CC(=O)O)CC(=O)O. The zero-order valence-corrected chi connectivity index (χ0v) is 21.7. The van der Waals surface area contributed by atoms with E-state index in [0.717, 1.165) is 4.90 Å². The quantitative estimate of drug-likeness (QED) is 0.0953. The van der Waals surface area contributed by atoms with Crippen molar-refractivity contribution in [3.05, 3.63) is 24.3 Å². The average molecular weight is 556 g/mol. The summed E-state index contributed by atoms with van der Waals surface area (Å²) in [7, 11) is 0. The fourth-order valence-corrected chi connectivity index (χ4v) is 4.40. The Balaban J connectivity index is 3.45. The molecule has 0 aromatic heterocycles. The molecule has 2 unspecified atom stereocenters. The van der Waals surface area contributed by atoms with Crippen molar-refractivity contribution in [1.29, 1.82) is 0 Å². The molecule has 0 aliphatic carbocycles. The number of quaternary nitrogens is 1. The predicted molar refractivity (Wildman–Crippen MR) is 138 cm³/mol. The van der Waals surface area contributed by atoms with E-state index in [1.807, 2.05) is 0 Å². The van der Waals surface area contributed by atoms with Crippen molar-refractivity contribution in [3.8, 4) is 0 Å². The topological polar surface area (TPSA) is 205 Å². The maximum Gasteiger partial charge on any atom is 0.359 e. The number of aliphatic imine (C=N–C) groups is 1. The molecule has 0 amide bonds. The smallest absolute Gasteiger partial charge is 0.359 e. The third kappa shape index (κ3) is 10.3. The Morgan fingerprint density at radius 1 is 0.816 bits per heavy atom. The number of aliphatic carboxylic acids is 5. The van der Waals surface area contributed by atoms with Gasteiger partial charge >= 0.3 is 29.8 Å². The lowest BCUT2D eigenvalue weighted by Gasteiger charge is -2.43. The molecule has 38 heavy (non-hydrogen) atoms. The predicted octanol–water partition coefficient (Wildman–Crippen LogP) is 0.532. The second kappa shape index (κ2) is 14.9. The molecule has 15 heteroatoms. The van der Waals surface area contributed by atoms with Gasteiger partial charge in [0.05, 0.1) is 37.0 Å². The molecule has 0 saturated heterocycles. The van der Waals surface area contributed by atoms with Crippen LogP contribution in [0.25, 0.3) is 0 Å². The minimum absolute atomic E-state index is 0.0837. The molecule has 14 nitrogen and oxygen atoms in total. The Morgan fingerprint density at radius 3 is 1.68 bits per heavy atom. The Labute approximate surface area is 223 Å². The van der Waals surface area contributed by atoms with E-state index < -0.39 is 79.1 Å². The third-order valence-electron chi connectivity index (χ3n) is 5.92. The number of benzene rings is 1. The highest BCUT2D eigenvalue weighted by atomic mass is 32.1. The van der Waals surface area contributed by atoms with Gasteiger partial charge in [-0.05, 0) is 38.2 Å². The van der Waals surface area contributed by atoms with Crippen LogP contribution in [0.1, 0.15) is 13.8 Å². The van der Waals surface area contributed by atoms with Gasteiger partial charge in [-0.25, -0.2) is 9.59 Å². The molecule has 0 radical (unpaired) electrons. The molecule has 0 bridgehead atoms. The van der Waals surface area contributed by atoms with Crippen LogP contribution in [0.15, 0.2) is 29.3 Å². The lowest BCUT2D eigenvalue weighted by molar-refractivity contribution is -0.144. The van der Waals surface area contributed by atoms with Crippen molar-refractivity contribution in [2.45, 2.75) is 25.9 Å². The van der Waals surface area contributed by atoms with Gasteiger partial charge in [-0.2, -0.15) is 4.99 Å². The van der Waals surface area contributed by atoms with Crippen LogP contribution in [0.2, 0.25) is 0 Å². The van der Waals surface area contributed by atoms with Gasteiger partial charge in [-0.1, -0.05) is 0 Å². The second-order valence-corrected chi connectivity index (χ2v) is 9.02. The summed E-state index contributed by atoms with van der Waals surface area (Å²) in [5.41, 5.74) is 0.741. The summed E-state index contributed by atoms with van der Waals surface area (Å²) in [6.45, 7) is -0.0707. The summed E-state index contributed by atoms with van der Waals surface area (Å²) < 4.78 is -0.579. The number of hydrogen-bond acceptors (Lipinski definition) is 9. The van der Waals surface area contributed by atoms with Crippen molar-refractivity contribution in [2.24, 2.45) is 4.99 Å². The first-order valence-corrected chi connectivity index (χ1v) is 11.7. The number of isothiocyanates is 1. The Kier molecular flexibility index (Phi) is 12.6. The first-order valence-electron chi connectivity index (χ1n) is 11.3. The standard InChI is InChI=1S/C23H30N4O10S/c1-15(26(10-20(30)31)11-21(32)33)7-25(9-19(28)29)8-16(2)27(12-22(34)35,13-23(36)37)18-5-3-17(4-6-18)24-14-38/h3-6,15-16H,7-13H2,1-2H3,(H4-,28,29,30,31,32,33,34,35,36,37)/p+1. The normalized spacial score (nSPS) is 12.9. The number of rotatable bonds is 18. The van der Waals surface area contributed by atoms with Gasteiger partial charge in [0.1, 0.15) is 11.7 Å². The molecule has 0 aliphatic heterocycles. The van der Waals surface area contributed by atoms with Gasteiger partial charge in [0.25, 0.3) is 0 Å². The lowest BCUT2D eigenvalue weighted by Crippen LogP contribution is -2.64. The Hall–Kier alpha value is -3.75. The maximum atomic E-state index is 11.9. The van der Waals surface area contributed by atoms with Gasteiger partial charge in [-0.3, -0.25) is 28.7 Å². The lowest BCUT2D eigenvalue weighted by atomic mass is 10.1. The summed E-state index contributed by atoms with van der Waals surface area (Å²) in [5, 5.41) is 49.4. The Bertz CT molecular complexity index is 1040. The minimum Gasteiger partial charge on any atom is -0.480 e. The molecule has 5 N–H and O–H groups in total. The first-order chi connectivity index (χ1) is 17.7. The van der Waals surface area contributed by atoms with E-state index in [-0.39, 0.29) is 13.1 Å². The van der Waals surface area contributed by atoms with Crippen LogP contribution < -0.4 is 4.48 Å². The molecular weight excluding hydrogens is 524 g/mol. The van der Waals surface area contributed by atoms with Gasteiger partial charge in [0, 0.05) is 24.7 Å². The van der Waals surface area contributed by atoms with Crippen LogP contribution in [0, 0.1) is 0 Å². The van der Waals surface area contributed by atoms with Gasteiger partial charge in [-0.15, -0.1) is 0 Å². The van der Waals surface area contributed by atoms with Crippen molar-refractivity contribution in [2.75, 3.05) is 45.8 Å².